The van der Waals surface area contributed by atoms with Gasteiger partial charge in [-0.3, -0.25) is 0 Å². The molecule has 2 N–H and O–H groups in total. The van der Waals surface area contributed by atoms with Gasteiger partial charge < -0.3 is 10.2 Å². The molecule has 150 valence electrons. The minimum absolute atomic E-state index is 0.155. The van der Waals surface area contributed by atoms with Gasteiger partial charge in [0, 0.05) is 0 Å². The zero-order chi connectivity index (χ0) is 21.0. The van der Waals surface area contributed by atoms with Gasteiger partial charge in [0.1, 0.15) is 0 Å². The lowest BCUT2D eigenvalue weighted by molar-refractivity contribution is 0.0407. The minimum atomic E-state index is -2.59. The zero-order valence-corrected chi connectivity index (χ0v) is 20.8. The average molecular weight is 608 g/mol. The van der Waals surface area contributed by atoms with Crippen LogP contribution in [-0.4, -0.2) is 25.4 Å². The molecule has 0 radical (unpaired) electrons. The van der Waals surface area contributed by atoms with Crippen LogP contribution in [0.25, 0.3) is 0 Å². The molecule has 14 heteroatoms. The van der Waals surface area contributed by atoms with E-state index in [0.29, 0.717) is 0 Å². The Hall–Kier alpha value is 2.62. The van der Waals surface area contributed by atoms with Crippen LogP contribution in [0.5, 0.6) is 0 Å². The summed E-state index contributed by atoms with van der Waals surface area (Å²) in [6, 6.07) is 4.54. The summed E-state index contributed by atoms with van der Waals surface area (Å²) in [5, 5.41) is 21.5. The summed E-state index contributed by atoms with van der Waals surface area (Å²) in [6.45, 7) is 0. The highest BCUT2D eigenvalue weighted by Crippen LogP contribution is 2.59. The fourth-order valence-electron chi connectivity index (χ4n) is 1.93. The average Bonchev–Trinajstić information content (AvgIpc) is 2.40. The first-order chi connectivity index (χ1) is 11.2. The standard InChI is InChI=1S/C12H6Cl12O2/c13-9(14,15)7(25,10(16,17)18)5-1-2-6(4-3-5)8(26,11(19,20)21)12(22,23)24/h1-4,25-26H. The summed E-state index contributed by atoms with van der Waals surface area (Å²) in [6.07, 6.45) is 0. The number of benzene rings is 1. The monoisotopic (exact) mass is 602 g/mol. The van der Waals surface area contributed by atoms with Crippen LogP contribution in [0.4, 0.5) is 0 Å². The van der Waals surface area contributed by atoms with Gasteiger partial charge in [-0.1, -0.05) is 163 Å². The SMILES string of the molecule is OC(c1ccc(C(O)(C(Cl)(Cl)Cl)C(Cl)(Cl)Cl)cc1)(C(Cl)(Cl)Cl)C(Cl)(Cl)Cl. The van der Waals surface area contributed by atoms with E-state index in [1.807, 2.05) is 0 Å². The van der Waals surface area contributed by atoms with Gasteiger partial charge in [0.15, 0.2) is 11.2 Å². The number of hydrogen-bond acceptors (Lipinski definition) is 2. The first-order valence-electron chi connectivity index (χ1n) is 6.04. The van der Waals surface area contributed by atoms with Crippen molar-refractivity contribution >= 4 is 139 Å². The number of halogens is 12. The smallest absolute Gasteiger partial charge is 0.227 e. The molecule has 2 nitrogen and oxygen atoms in total. The highest BCUT2D eigenvalue weighted by atomic mass is 35.6. The molecule has 0 aliphatic rings. The Morgan fingerprint density at radius 2 is 0.577 bits per heavy atom. The van der Waals surface area contributed by atoms with Gasteiger partial charge in [0.25, 0.3) is 0 Å². The Balaban J connectivity index is 3.61. The second-order valence-corrected chi connectivity index (χ2v) is 14.1. The van der Waals surface area contributed by atoms with Crippen molar-refractivity contribution < 1.29 is 10.2 Å². The summed E-state index contributed by atoms with van der Waals surface area (Å²) in [7, 11) is 0. The van der Waals surface area contributed by atoms with Crippen molar-refractivity contribution in [3.8, 4) is 0 Å². The van der Waals surface area contributed by atoms with Crippen LogP contribution in [0.2, 0.25) is 0 Å². The molecule has 0 aromatic heterocycles. The number of rotatable bonds is 2. The molecule has 0 aliphatic carbocycles. The highest BCUT2D eigenvalue weighted by molar-refractivity contribution is 6.74. The number of alkyl halides is 12. The maximum Gasteiger partial charge on any atom is 0.227 e. The predicted octanol–water partition coefficient (Wildman–Crippen LogP) is 7.54. The molecular formula is C12H6Cl12O2. The maximum atomic E-state index is 10.8. The third kappa shape index (κ3) is 4.75. The second kappa shape index (κ2) is 8.28. The number of aliphatic hydroxyl groups is 2. The summed E-state index contributed by atoms with van der Waals surface area (Å²) in [5.41, 5.74) is -5.49. The molecule has 0 spiro atoms. The molecule has 0 atom stereocenters. The van der Waals surface area contributed by atoms with Gasteiger partial charge in [-0.2, -0.15) is 0 Å². The lowest BCUT2D eigenvalue weighted by atomic mass is 9.91. The summed E-state index contributed by atoms with van der Waals surface area (Å²) < 4.78 is -9.83. The molecule has 0 amide bonds. The van der Waals surface area contributed by atoms with Gasteiger partial charge in [0.2, 0.25) is 15.2 Å². The van der Waals surface area contributed by atoms with E-state index in [4.69, 9.17) is 139 Å². The van der Waals surface area contributed by atoms with Gasteiger partial charge >= 0.3 is 0 Å². The van der Waals surface area contributed by atoms with E-state index in [1.165, 1.54) is 0 Å². The quantitative estimate of drug-likeness (QED) is 0.341. The van der Waals surface area contributed by atoms with Crippen LogP contribution in [0, 0.1) is 0 Å². The molecule has 0 fully saturated rings. The third-order valence-electron chi connectivity index (χ3n) is 3.36. The van der Waals surface area contributed by atoms with Crippen molar-refractivity contribution in [3.63, 3.8) is 0 Å². The Bertz CT molecular complexity index is 550. The van der Waals surface area contributed by atoms with E-state index >= 15 is 0 Å². The van der Waals surface area contributed by atoms with Crippen LogP contribution in [0.1, 0.15) is 11.1 Å². The van der Waals surface area contributed by atoms with E-state index in [2.05, 4.69) is 0 Å². The number of hydrogen-bond donors (Lipinski definition) is 2. The van der Waals surface area contributed by atoms with Gasteiger partial charge in [-0.15, -0.1) is 0 Å². The fourth-order valence-corrected chi connectivity index (χ4v) is 5.81. The topological polar surface area (TPSA) is 40.5 Å². The molecule has 0 saturated carbocycles. The molecule has 0 heterocycles. The normalized spacial score (nSPS) is 15.3. The third-order valence-corrected chi connectivity index (χ3v) is 6.64. The second-order valence-electron chi connectivity index (χ2n) is 4.99. The van der Waals surface area contributed by atoms with E-state index in [0.717, 1.165) is 24.3 Å². The molecule has 1 aromatic rings. The Morgan fingerprint density at radius 1 is 0.423 bits per heavy atom. The summed E-state index contributed by atoms with van der Waals surface area (Å²) >= 11 is 69.4. The van der Waals surface area contributed by atoms with Crippen molar-refractivity contribution in [2.24, 2.45) is 0 Å². The Morgan fingerprint density at radius 3 is 0.692 bits per heavy atom. The Kier molecular flexibility index (Phi) is 8.49. The van der Waals surface area contributed by atoms with E-state index in [1.54, 1.807) is 0 Å². The van der Waals surface area contributed by atoms with E-state index < -0.39 is 26.4 Å². The van der Waals surface area contributed by atoms with Crippen molar-refractivity contribution in [1.82, 2.24) is 0 Å². The van der Waals surface area contributed by atoms with Crippen molar-refractivity contribution in [2.45, 2.75) is 26.4 Å². The zero-order valence-electron chi connectivity index (χ0n) is 11.7. The molecular weight excluding hydrogens is 602 g/mol. The molecule has 0 bridgehead atoms. The molecule has 1 rings (SSSR count). The molecule has 1 aromatic carbocycles. The van der Waals surface area contributed by atoms with Crippen LogP contribution in [0.15, 0.2) is 24.3 Å². The lowest BCUT2D eigenvalue weighted by Gasteiger charge is -2.42. The molecule has 0 unspecified atom stereocenters. The van der Waals surface area contributed by atoms with Crippen LogP contribution in [-0.2, 0) is 11.2 Å². The highest BCUT2D eigenvalue weighted by Gasteiger charge is 2.63. The summed E-state index contributed by atoms with van der Waals surface area (Å²) in [5.74, 6) is 0. The maximum absolute atomic E-state index is 10.8. The van der Waals surface area contributed by atoms with E-state index in [-0.39, 0.29) is 11.1 Å². The largest absolute Gasteiger partial charge is 0.377 e. The van der Waals surface area contributed by atoms with E-state index in [9.17, 15) is 10.2 Å². The van der Waals surface area contributed by atoms with Gasteiger partial charge in [0.05, 0.1) is 0 Å². The minimum Gasteiger partial charge on any atom is -0.377 e. The molecule has 0 saturated heterocycles. The van der Waals surface area contributed by atoms with Gasteiger partial charge in [-0.25, -0.2) is 0 Å². The molecule has 0 aliphatic heterocycles. The first-order valence-corrected chi connectivity index (χ1v) is 10.6. The summed E-state index contributed by atoms with van der Waals surface area (Å²) in [4.78, 5) is 0. The van der Waals surface area contributed by atoms with Gasteiger partial charge in [-0.05, 0) is 11.1 Å². The van der Waals surface area contributed by atoms with Crippen molar-refractivity contribution in [1.29, 1.82) is 0 Å². The van der Waals surface area contributed by atoms with Crippen molar-refractivity contribution in [3.05, 3.63) is 35.4 Å². The molecule has 26 heavy (non-hydrogen) atoms. The first kappa shape index (κ1) is 26.7. The predicted molar refractivity (Wildman–Crippen MR) is 115 cm³/mol. The van der Waals surface area contributed by atoms with Crippen molar-refractivity contribution in [2.75, 3.05) is 0 Å². The fraction of sp³-hybridized carbons (Fsp3) is 0.500. The van der Waals surface area contributed by atoms with Crippen LogP contribution < -0.4 is 0 Å². The Labute approximate surface area is 209 Å². The van der Waals surface area contributed by atoms with Crippen LogP contribution >= 0.6 is 139 Å². The van der Waals surface area contributed by atoms with Crippen LogP contribution in [0.3, 0.4) is 0 Å². The lowest BCUT2D eigenvalue weighted by Crippen LogP contribution is -2.51.